The van der Waals surface area contributed by atoms with Gasteiger partial charge in [0.05, 0.1) is 24.9 Å². The molecule has 2 aromatic rings. The number of carbonyl (C=O) groups excluding carboxylic acids is 1. The van der Waals surface area contributed by atoms with Crippen LogP contribution in [0.5, 0.6) is 0 Å². The smallest absolute Gasteiger partial charge is 0.268 e. The molecule has 0 spiro atoms. The third-order valence-electron chi connectivity index (χ3n) is 4.74. The van der Waals surface area contributed by atoms with E-state index in [-0.39, 0.29) is 18.1 Å². The molecular weight excluding hydrogens is 318 g/mol. The number of amides is 1. The van der Waals surface area contributed by atoms with Crippen LogP contribution in [0.25, 0.3) is 0 Å². The van der Waals surface area contributed by atoms with Gasteiger partial charge in [-0.25, -0.2) is 0 Å². The minimum atomic E-state index is -0.163. The highest BCUT2D eigenvalue weighted by Gasteiger charge is 2.31. The molecule has 1 saturated heterocycles. The van der Waals surface area contributed by atoms with Crippen molar-refractivity contribution in [1.29, 1.82) is 0 Å². The molecular formula is C19H23N3O3. The molecule has 2 fully saturated rings. The van der Waals surface area contributed by atoms with Crippen LogP contribution in [-0.4, -0.2) is 40.8 Å². The maximum Gasteiger partial charge on any atom is 0.268 e. The topological polar surface area (TPSA) is 65.4 Å². The number of rotatable bonds is 6. The van der Waals surface area contributed by atoms with E-state index in [1.807, 2.05) is 36.5 Å². The fourth-order valence-electron chi connectivity index (χ4n) is 3.22. The van der Waals surface area contributed by atoms with Crippen molar-refractivity contribution in [3.05, 3.63) is 54.1 Å². The van der Waals surface area contributed by atoms with Crippen molar-refractivity contribution in [3.63, 3.8) is 0 Å². The SMILES string of the molecule is O=C(N[C@@H]1CCOC[C@H]1OCc1ccccn1)c1cccn1C1CC1. The normalized spacial score (nSPS) is 23.4. The third kappa shape index (κ3) is 3.91. The molecule has 4 rings (SSSR count). The van der Waals surface area contributed by atoms with Crippen molar-refractivity contribution in [1.82, 2.24) is 14.9 Å². The number of aromatic nitrogens is 2. The summed E-state index contributed by atoms with van der Waals surface area (Å²) in [6.07, 6.45) is 6.64. The Hall–Kier alpha value is -2.18. The first kappa shape index (κ1) is 16.3. The highest BCUT2D eigenvalue weighted by atomic mass is 16.5. The number of hydrogen-bond acceptors (Lipinski definition) is 4. The summed E-state index contributed by atoms with van der Waals surface area (Å²) in [4.78, 5) is 17.0. The van der Waals surface area contributed by atoms with Gasteiger partial charge in [0.25, 0.3) is 5.91 Å². The van der Waals surface area contributed by atoms with Crippen molar-refractivity contribution in [3.8, 4) is 0 Å². The van der Waals surface area contributed by atoms with E-state index in [1.165, 1.54) is 0 Å². The second kappa shape index (κ2) is 7.37. The van der Waals surface area contributed by atoms with Gasteiger partial charge in [-0.1, -0.05) is 6.07 Å². The fraction of sp³-hybridized carbons (Fsp3) is 0.474. The molecule has 0 radical (unpaired) electrons. The van der Waals surface area contributed by atoms with E-state index >= 15 is 0 Å². The Labute approximate surface area is 147 Å². The van der Waals surface area contributed by atoms with E-state index in [4.69, 9.17) is 9.47 Å². The first-order chi connectivity index (χ1) is 12.3. The molecule has 6 nitrogen and oxygen atoms in total. The number of nitrogens with one attached hydrogen (secondary N) is 1. The van der Waals surface area contributed by atoms with Crippen LogP contribution >= 0.6 is 0 Å². The number of nitrogens with zero attached hydrogens (tertiary/aromatic N) is 2. The first-order valence-electron chi connectivity index (χ1n) is 8.88. The summed E-state index contributed by atoms with van der Waals surface area (Å²) in [5.41, 5.74) is 1.61. The molecule has 3 heterocycles. The van der Waals surface area contributed by atoms with Gasteiger partial charge in [0.1, 0.15) is 11.8 Å². The molecule has 2 atom stereocenters. The van der Waals surface area contributed by atoms with Crippen LogP contribution in [0.1, 0.15) is 41.5 Å². The summed E-state index contributed by atoms with van der Waals surface area (Å²) in [5, 5.41) is 3.15. The van der Waals surface area contributed by atoms with Gasteiger partial charge in [-0.3, -0.25) is 9.78 Å². The third-order valence-corrected chi connectivity index (χ3v) is 4.74. The zero-order valence-electron chi connectivity index (χ0n) is 14.1. The summed E-state index contributed by atoms with van der Waals surface area (Å²) in [6, 6.07) is 10.0. The number of carbonyl (C=O) groups is 1. The van der Waals surface area contributed by atoms with Gasteiger partial charge in [0.2, 0.25) is 0 Å². The minimum Gasteiger partial charge on any atom is -0.379 e. The Morgan fingerprint density at radius 1 is 1.28 bits per heavy atom. The van der Waals surface area contributed by atoms with Gasteiger partial charge in [-0.2, -0.15) is 0 Å². The van der Waals surface area contributed by atoms with Crippen LogP contribution in [0, 0.1) is 0 Å². The Morgan fingerprint density at radius 2 is 2.20 bits per heavy atom. The van der Waals surface area contributed by atoms with Crippen LogP contribution in [0.3, 0.4) is 0 Å². The standard InChI is InChI=1S/C19H23N3O3/c23-19(17-5-3-10-22(17)15-6-7-15)21-16-8-11-24-13-18(16)25-12-14-4-1-2-9-20-14/h1-5,9-10,15-16,18H,6-8,11-13H2,(H,21,23)/t16-,18-/m1/s1. The van der Waals surface area contributed by atoms with Gasteiger partial charge in [0, 0.05) is 25.0 Å². The quantitative estimate of drug-likeness (QED) is 0.876. The largest absolute Gasteiger partial charge is 0.379 e. The summed E-state index contributed by atoms with van der Waals surface area (Å²) in [7, 11) is 0. The van der Waals surface area contributed by atoms with E-state index < -0.39 is 0 Å². The minimum absolute atomic E-state index is 0.0322. The molecule has 0 aromatic carbocycles. The van der Waals surface area contributed by atoms with Crippen LogP contribution < -0.4 is 5.32 Å². The molecule has 1 saturated carbocycles. The van der Waals surface area contributed by atoms with E-state index in [2.05, 4.69) is 14.9 Å². The average Bonchev–Trinajstić information content (AvgIpc) is 3.38. The Morgan fingerprint density at radius 3 is 3.00 bits per heavy atom. The van der Waals surface area contributed by atoms with Gasteiger partial charge >= 0.3 is 0 Å². The lowest BCUT2D eigenvalue weighted by Crippen LogP contribution is -2.50. The van der Waals surface area contributed by atoms with E-state index in [0.29, 0.717) is 25.9 Å². The highest BCUT2D eigenvalue weighted by Crippen LogP contribution is 2.36. The lowest BCUT2D eigenvalue weighted by molar-refractivity contribution is -0.0743. The summed E-state index contributed by atoms with van der Waals surface area (Å²) in [6.45, 7) is 1.54. The Bertz CT molecular complexity index is 712. The van der Waals surface area contributed by atoms with Gasteiger partial charge in [0.15, 0.2) is 0 Å². The van der Waals surface area contributed by atoms with Crippen molar-refractivity contribution in [2.24, 2.45) is 0 Å². The van der Waals surface area contributed by atoms with Crippen molar-refractivity contribution in [2.45, 2.75) is 44.1 Å². The second-order valence-electron chi connectivity index (χ2n) is 6.65. The predicted octanol–water partition coefficient (Wildman–Crippen LogP) is 2.32. The Kier molecular flexibility index (Phi) is 4.81. The average molecular weight is 341 g/mol. The molecule has 1 aliphatic carbocycles. The second-order valence-corrected chi connectivity index (χ2v) is 6.65. The van der Waals surface area contributed by atoms with E-state index in [9.17, 15) is 4.79 Å². The van der Waals surface area contributed by atoms with Gasteiger partial charge in [-0.15, -0.1) is 0 Å². The Balaban J connectivity index is 1.38. The summed E-state index contributed by atoms with van der Waals surface area (Å²) >= 11 is 0. The molecule has 2 aliphatic rings. The van der Waals surface area contributed by atoms with E-state index in [1.54, 1.807) is 6.20 Å². The molecule has 0 bridgehead atoms. The number of ether oxygens (including phenoxy) is 2. The zero-order valence-corrected chi connectivity index (χ0v) is 14.1. The molecule has 132 valence electrons. The molecule has 2 aromatic heterocycles. The van der Waals surface area contributed by atoms with Crippen LogP contribution in [0.4, 0.5) is 0 Å². The van der Waals surface area contributed by atoms with Crippen molar-refractivity contribution in [2.75, 3.05) is 13.2 Å². The monoisotopic (exact) mass is 341 g/mol. The lowest BCUT2D eigenvalue weighted by Gasteiger charge is -2.32. The predicted molar refractivity (Wildman–Crippen MR) is 92.2 cm³/mol. The highest BCUT2D eigenvalue weighted by molar-refractivity contribution is 5.93. The van der Waals surface area contributed by atoms with Crippen LogP contribution in [0.2, 0.25) is 0 Å². The first-order valence-corrected chi connectivity index (χ1v) is 8.88. The molecule has 0 unspecified atom stereocenters. The molecule has 1 aliphatic heterocycles. The number of hydrogen-bond donors (Lipinski definition) is 1. The number of pyridine rings is 1. The van der Waals surface area contributed by atoms with Gasteiger partial charge in [-0.05, 0) is 43.5 Å². The molecule has 1 N–H and O–H groups in total. The zero-order chi connectivity index (χ0) is 17.1. The molecule has 1 amide bonds. The maximum atomic E-state index is 12.7. The van der Waals surface area contributed by atoms with E-state index in [0.717, 1.165) is 30.7 Å². The summed E-state index contributed by atoms with van der Waals surface area (Å²) < 4.78 is 13.6. The summed E-state index contributed by atoms with van der Waals surface area (Å²) in [5.74, 6) is -0.0322. The molecule has 25 heavy (non-hydrogen) atoms. The fourth-order valence-corrected chi connectivity index (χ4v) is 3.22. The van der Waals surface area contributed by atoms with Crippen molar-refractivity contribution < 1.29 is 14.3 Å². The lowest BCUT2D eigenvalue weighted by atomic mass is 10.1. The van der Waals surface area contributed by atoms with Crippen LogP contribution in [-0.2, 0) is 16.1 Å². The van der Waals surface area contributed by atoms with Crippen molar-refractivity contribution >= 4 is 5.91 Å². The van der Waals surface area contributed by atoms with Crippen LogP contribution in [0.15, 0.2) is 42.7 Å². The maximum absolute atomic E-state index is 12.7. The van der Waals surface area contributed by atoms with Gasteiger partial charge < -0.3 is 19.4 Å². The molecule has 6 heteroatoms.